The van der Waals surface area contributed by atoms with E-state index in [2.05, 4.69) is 35.9 Å². The van der Waals surface area contributed by atoms with Crippen molar-refractivity contribution in [2.45, 2.75) is 115 Å². The molecular formula is C48H71ClN10O6. The standard InChI is InChI=1S/C24H35N5O3.C19H28N4O.C5H8ClNO2/c30-21(24-10-16-7-17(11-24)9-18(8-16)12-24)13-25-22-19-1-2-29(14-20(19)26-15-27-22)23(31)28-3-5-32-6-4-28;24-17(19-6-12-3-13(7-19)5-14(4-12)8-19)10-21-18-15-1-2-20-9-16(15)22-11-23-18;6-5(8)7-1-3-9-4-2-7/h15-18,21,30H,1-14H2,(H,25,26,27);11-14,17,20,24H,1-10H2,(H,21,22,23);1-4H2. The predicted molar refractivity (Wildman–Crippen MR) is 245 cm³/mol. The summed E-state index contributed by atoms with van der Waals surface area (Å²) in [5.41, 5.74) is 4.62. The number of ether oxygens (including phenoxy) is 2. The summed E-state index contributed by atoms with van der Waals surface area (Å²) < 4.78 is 10.4. The van der Waals surface area contributed by atoms with Crippen molar-refractivity contribution in [1.82, 2.24) is 40.0 Å². The lowest BCUT2D eigenvalue weighted by Crippen LogP contribution is -2.53. The Morgan fingerprint density at radius 1 is 0.646 bits per heavy atom. The van der Waals surface area contributed by atoms with Gasteiger partial charge in [0.25, 0.3) is 0 Å². The number of hydrogen-bond acceptors (Lipinski definition) is 13. The lowest BCUT2D eigenvalue weighted by atomic mass is 9.48. The molecular weight excluding hydrogens is 848 g/mol. The van der Waals surface area contributed by atoms with Crippen LogP contribution in [0.15, 0.2) is 12.7 Å². The highest BCUT2D eigenvalue weighted by atomic mass is 35.5. The van der Waals surface area contributed by atoms with Crippen molar-refractivity contribution in [2.24, 2.45) is 46.3 Å². The first-order chi connectivity index (χ1) is 31.6. The van der Waals surface area contributed by atoms with Crippen LogP contribution in [0.2, 0.25) is 0 Å². The molecule has 2 aromatic heterocycles. The Bertz CT molecular complexity index is 1930. The van der Waals surface area contributed by atoms with Crippen LogP contribution in [0.1, 0.15) is 99.6 Å². The summed E-state index contributed by atoms with van der Waals surface area (Å²) in [6.45, 7) is 9.16. The van der Waals surface area contributed by atoms with E-state index in [9.17, 15) is 19.8 Å². The molecule has 65 heavy (non-hydrogen) atoms. The Kier molecular flexibility index (Phi) is 13.7. The first-order valence-corrected chi connectivity index (χ1v) is 25.3. The van der Waals surface area contributed by atoms with Crippen molar-refractivity contribution in [3.63, 3.8) is 0 Å². The van der Waals surface area contributed by atoms with Crippen LogP contribution in [-0.2, 0) is 35.4 Å². The molecule has 10 fully saturated rings. The number of urea groups is 1. The highest BCUT2D eigenvalue weighted by molar-refractivity contribution is 6.62. The van der Waals surface area contributed by atoms with Crippen molar-refractivity contribution in [2.75, 3.05) is 89.4 Å². The van der Waals surface area contributed by atoms with Crippen LogP contribution < -0.4 is 16.0 Å². The first-order valence-electron chi connectivity index (χ1n) is 25.0. The van der Waals surface area contributed by atoms with Crippen molar-refractivity contribution in [1.29, 1.82) is 0 Å². The Labute approximate surface area is 388 Å². The normalized spacial score (nSPS) is 33.7. The van der Waals surface area contributed by atoms with E-state index in [0.29, 0.717) is 78.8 Å². The molecule has 2 atom stereocenters. The van der Waals surface area contributed by atoms with Gasteiger partial charge in [0.05, 0.1) is 56.6 Å². The maximum absolute atomic E-state index is 12.9. The van der Waals surface area contributed by atoms with Gasteiger partial charge in [0.2, 0.25) is 0 Å². The van der Waals surface area contributed by atoms with Crippen LogP contribution in [0.5, 0.6) is 0 Å². The monoisotopic (exact) mass is 919 g/mol. The van der Waals surface area contributed by atoms with Gasteiger partial charge in [0, 0.05) is 63.5 Å². The van der Waals surface area contributed by atoms with Gasteiger partial charge in [-0.3, -0.25) is 4.79 Å². The summed E-state index contributed by atoms with van der Waals surface area (Å²) in [4.78, 5) is 46.5. The van der Waals surface area contributed by atoms with E-state index in [0.717, 1.165) is 90.0 Å². The molecule has 16 nitrogen and oxygen atoms in total. The van der Waals surface area contributed by atoms with E-state index in [4.69, 9.17) is 21.1 Å². The smallest absolute Gasteiger partial charge is 0.320 e. The third-order valence-corrected chi connectivity index (χ3v) is 17.4. The fraction of sp³-hybridized carbons (Fsp3) is 0.792. The highest BCUT2D eigenvalue weighted by Crippen LogP contribution is 2.62. The van der Waals surface area contributed by atoms with Crippen LogP contribution in [0.25, 0.3) is 0 Å². The van der Waals surface area contributed by atoms with Gasteiger partial charge in [-0.15, -0.1) is 0 Å². The third-order valence-electron chi connectivity index (χ3n) is 17.2. The predicted octanol–water partition coefficient (Wildman–Crippen LogP) is 5.07. The number of anilines is 2. The fourth-order valence-corrected chi connectivity index (χ4v) is 15.0. The van der Waals surface area contributed by atoms with Gasteiger partial charge in [-0.25, -0.2) is 24.7 Å². The largest absolute Gasteiger partial charge is 0.391 e. The molecule has 0 spiro atoms. The van der Waals surface area contributed by atoms with E-state index in [1.165, 1.54) is 82.6 Å². The van der Waals surface area contributed by atoms with E-state index in [-0.39, 0.29) is 34.4 Å². The number of carbonyl (C=O) groups excluding carboxylic acids is 2. The van der Waals surface area contributed by atoms with Crippen molar-refractivity contribution < 1.29 is 29.3 Å². The number of aliphatic hydroxyl groups is 2. The summed E-state index contributed by atoms with van der Waals surface area (Å²) in [5, 5.41) is 32.2. The molecule has 2 unspecified atom stereocenters. The molecule has 2 aromatic rings. The average Bonchev–Trinajstić information content (AvgIpc) is 3.32. The average molecular weight is 920 g/mol. The minimum absolute atomic E-state index is 0.0734. The molecule has 0 radical (unpaired) electrons. The Balaban J connectivity index is 0.000000132. The summed E-state index contributed by atoms with van der Waals surface area (Å²) >= 11 is 5.19. The van der Waals surface area contributed by atoms with Crippen LogP contribution in [0.3, 0.4) is 0 Å². The summed E-state index contributed by atoms with van der Waals surface area (Å²) in [6, 6.07) is 0.0734. The number of aromatic nitrogens is 4. The van der Waals surface area contributed by atoms with Crippen molar-refractivity contribution >= 4 is 34.6 Å². The molecule has 8 aliphatic carbocycles. The second-order valence-electron chi connectivity index (χ2n) is 21.5. The number of hydrogen-bond donors (Lipinski definition) is 5. The number of carbonyl (C=O) groups is 2. The molecule has 5 N–H and O–H groups in total. The number of halogens is 1. The summed E-state index contributed by atoms with van der Waals surface area (Å²) in [5.74, 6) is 6.90. The van der Waals surface area contributed by atoms with Gasteiger partial charge in [0.1, 0.15) is 24.3 Å². The lowest BCUT2D eigenvalue weighted by Gasteiger charge is -2.58. The molecule has 4 aliphatic heterocycles. The number of morpholine rings is 2. The SMILES string of the molecule is O=C(Cl)N1CCOCC1.O=C(N1CCOCC1)N1CCc2c(ncnc2NCC(O)C23CC4CC(CC(C4)C2)C3)C1.OC(CNc1ncnc2c1CCNC2)C12CC3CC(CC(C3)C1)C2. The lowest BCUT2D eigenvalue weighted by molar-refractivity contribution is -0.115. The Morgan fingerprint density at radius 3 is 1.55 bits per heavy atom. The molecule has 356 valence electrons. The zero-order chi connectivity index (χ0) is 44.5. The molecule has 3 amide bonds. The number of fused-ring (bicyclic) bond motifs is 2. The number of amides is 3. The molecule has 2 saturated heterocycles. The zero-order valence-corrected chi connectivity index (χ0v) is 38.9. The van der Waals surface area contributed by atoms with Gasteiger partial charge in [-0.05, 0) is 154 Å². The zero-order valence-electron chi connectivity index (χ0n) is 38.1. The van der Waals surface area contributed by atoms with Gasteiger partial charge < -0.3 is 50.3 Å². The molecule has 14 rings (SSSR count). The number of nitrogens with one attached hydrogen (secondary N) is 3. The third kappa shape index (κ3) is 9.95. The maximum Gasteiger partial charge on any atom is 0.320 e. The molecule has 6 heterocycles. The summed E-state index contributed by atoms with van der Waals surface area (Å²) in [7, 11) is 0. The second kappa shape index (κ2) is 19.7. The topological polar surface area (TPSA) is 190 Å². The molecule has 0 aromatic carbocycles. The van der Waals surface area contributed by atoms with Gasteiger partial charge in [-0.1, -0.05) is 0 Å². The molecule has 8 bridgehead atoms. The number of aliphatic hydroxyl groups excluding tert-OH is 2. The Hall–Kier alpha value is -3.41. The van der Waals surface area contributed by atoms with Gasteiger partial charge in [-0.2, -0.15) is 0 Å². The Morgan fingerprint density at radius 2 is 1.09 bits per heavy atom. The highest BCUT2D eigenvalue weighted by Gasteiger charge is 2.55. The minimum atomic E-state index is -0.377. The van der Waals surface area contributed by atoms with Crippen LogP contribution in [0, 0.1) is 46.3 Å². The number of nitrogens with zero attached hydrogens (tertiary/aromatic N) is 7. The maximum atomic E-state index is 12.9. The van der Waals surface area contributed by atoms with Gasteiger partial charge >= 0.3 is 11.4 Å². The second-order valence-corrected chi connectivity index (χ2v) is 21.8. The van der Waals surface area contributed by atoms with Crippen molar-refractivity contribution in [3.8, 4) is 0 Å². The fourth-order valence-electron chi connectivity index (χ4n) is 14.8. The van der Waals surface area contributed by atoms with Crippen molar-refractivity contribution in [3.05, 3.63) is 35.2 Å². The van der Waals surface area contributed by atoms with E-state index >= 15 is 0 Å². The minimum Gasteiger partial charge on any atom is -0.391 e. The quantitative estimate of drug-likeness (QED) is 0.175. The summed E-state index contributed by atoms with van der Waals surface area (Å²) in [6.07, 6.45) is 20.1. The van der Waals surface area contributed by atoms with Crippen LogP contribution in [-0.4, -0.2) is 147 Å². The van der Waals surface area contributed by atoms with Crippen LogP contribution >= 0.6 is 11.6 Å². The molecule has 8 saturated carbocycles. The molecule has 12 aliphatic rings. The first kappa shape index (κ1) is 45.4. The molecule has 17 heteroatoms. The number of rotatable bonds is 8. The van der Waals surface area contributed by atoms with E-state index < -0.39 is 0 Å². The van der Waals surface area contributed by atoms with E-state index in [1.54, 1.807) is 17.6 Å². The van der Waals surface area contributed by atoms with Gasteiger partial charge in [0.15, 0.2) is 0 Å². The van der Waals surface area contributed by atoms with Crippen LogP contribution in [0.4, 0.5) is 21.2 Å². The van der Waals surface area contributed by atoms with E-state index in [1.807, 2.05) is 9.80 Å².